The van der Waals surface area contributed by atoms with Crippen molar-refractivity contribution in [2.45, 2.75) is 56.9 Å². The molecule has 0 aliphatic heterocycles. The second kappa shape index (κ2) is 10.8. The van der Waals surface area contributed by atoms with Crippen molar-refractivity contribution in [2.24, 2.45) is 0 Å². The molecule has 0 radical (unpaired) electrons. The van der Waals surface area contributed by atoms with Crippen molar-refractivity contribution in [3.05, 3.63) is 94.0 Å². The van der Waals surface area contributed by atoms with Crippen LogP contribution in [0.4, 0.5) is 5.69 Å². The molecule has 0 saturated carbocycles. The van der Waals surface area contributed by atoms with Gasteiger partial charge in [-0.2, -0.15) is 0 Å². The van der Waals surface area contributed by atoms with Gasteiger partial charge >= 0.3 is 0 Å². The van der Waals surface area contributed by atoms with Gasteiger partial charge in [0.1, 0.15) is 6.54 Å². The van der Waals surface area contributed by atoms with Crippen molar-refractivity contribution in [1.29, 1.82) is 0 Å². The first-order valence-corrected chi connectivity index (χ1v) is 13.9. The van der Waals surface area contributed by atoms with Gasteiger partial charge in [-0.05, 0) is 86.1 Å². The van der Waals surface area contributed by atoms with E-state index in [1.54, 1.807) is 48.5 Å². The molecule has 1 atom stereocenters. The zero-order valence-electron chi connectivity index (χ0n) is 20.1. The molecular formula is C28H31ClN2O3S. The van der Waals surface area contributed by atoms with Crippen molar-refractivity contribution in [1.82, 2.24) is 5.32 Å². The molecule has 184 valence electrons. The number of nitrogens with zero attached hydrogens (tertiary/aromatic N) is 1. The maximum absolute atomic E-state index is 13.6. The van der Waals surface area contributed by atoms with Crippen molar-refractivity contribution < 1.29 is 13.2 Å². The lowest BCUT2D eigenvalue weighted by Gasteiger charge is -2.26. The number of amides is 1. The lowest BCUT2D eigenvalue weighted by atomic mass is 9.89. The number of hydrogen-bond acceptors (Lipinski definition) is 3. The zero-order chi connectivity index (χ0) is 25.0. The number of fused-ring (bicyclic) bond motifs is 1. The number of rotatable bonds is 8. The van der Waals surface area contributed by atoms with Gasteiger partial charge in [-0.3, -0.25) is 9.10 Å². The first-order chi connectivity index (χ1) is 16.8. The maximum atomic E-state index is 13.6. The highest BCUT2D eigenvalue weighted by Gasteiger charge is 2.28. The summed E-state index contributed by atoms with van der Waals surface area (Å²) in [6.07, 6.45) is 5.27. The molecule has 1 N–H and O–H groups in total. The third-order valence-electron chi connectivity index (χ3n) is 6.51. The Kier molecular flexibility index (Phi) is 7.82. The van der Waals surface area contributed by atoms with Crippen LogP contribution in [-0.4, -0.2) is 20.9 Å². The number of aryl methyl sites for hydroxylation is 3. The molecule has 3 aromatic carbocycles. The van der Waals surface area contributed by atoms with Gasteiger partial charge in [0.2, 0.25) is 5.91 Å². The van der Waals surface area contributed by atoms with Crippen LogP contribution >= 0.6 is 11.6 Å². The van der Waals surface area contributed by atoms with Crippen LogP contribution < -0.4 is 9.62 Å². The van der Waals surface area contributed by atoms with Crippen LogP contribution in [0.25, 0.3) is 0 Å². The molecule has 3 aromatic rings. The van der Waals surface area contributed by atoms with E-state index in [0.717, 1.165) is 28.3 Å². The highest BCUT2D eigenvalue weighted by atomic mass is 35.5. The van der Waals surface area contributed by atoms with Crippen molar-refractivity contribution in [2.75, 3.05) is 10.8 Å². The van der Waals surface area contributed by atoms with Crippen molar-refractivity contribution in [3.63, 3.8) is 0 Å². The monoisotopic (exact) mass is 510 g/mol. The first-order valence-electron chi connectivity index (χ1n) is 12.0. The standard InChI is InChI=1S/C28H31ClN2O3S/c1-3-27(23-14-13-21-7-4-5-8-22(21)17-23)30-28(32)19-31(25-10-6-9-24(29)18-25)35(33,34)26-15-11-20(2)12-16-26/h6,9-18,27H,3-5,7-8,19H2,1-2H3,(H,30,32). The molecule has 1 amide bonds. The topological polar surface area (TPSA) is 66.5 Å². The van der Waals surface area contributed by atoms with Gasteiger partial charge in [-0.15, -0.1) is 0 Å². The minimum atomic E-state index is -3.99. The Hall–Kier alpha value is -2.83. The number of carbonyl (C=O) groups excluding carboxylic acids is 1. The van der Waals surface area contributed by atoms with Gasteiger partial charge in [-0.1, -0.05) is 60.5 Å². The Balaban J connectivity index is 1.60. The average molecular weight is 511 g/mol. The van der Waals surface area contributed by atoms with Crippen molar-refractivity contribution in [3.8, 4) is 0 Å². The van der Waals surface area contributed by atoms with E-state index in [0.29, 0.717) is 17.1 Å². The Bertz CT molecular complexity index is 1310. The van der Waals surface area contributed by atoms with Gasteiger partial charge in [0.05, 0.1) is 16.6 Å². The minimum absolute atomic E-state index is 0.123. The summed E-state index contributed by atoms with van der Waals surface area (Å²) in [7, 11) is -3.99. The quantitative estimate of drug-likeness (QED) is 0.404. The normalized spacial score (nSPS) is 14.1. The Labute approximate surface area is 213 Å². The average Bonchev–Trinajstić information content (AvgIpc) is 2.85. The molecule has 0 spiro atoms. The molecule has 0 aromatic heterocycles. The van der Waals surface area contributed by atoms with Crippen LogP contribution in [0.5, 0.6) is 0 Å². The first kappa shape index (κ1) is 25.3. The van der Waals surface area contributed by atoms with E-state index in [1.807, 2.05) is 13.8 Å². The van der Waals surface area contributed by atoms with E-state index in [4.69, 9.17) is 11.6 Å². The predicted molar refractivity (Wildman–Crippen MR) is 141 cm³/mol. The molecule has 1 aliphatic rings. The highest BCUT2D eigenvalue weighted by molar-refractivity contribution is 7.92. The number of hydrogen-bond donors (Lipinski definition) is 1. The van der Waals surface area contributed by atoms with Crippen LogP contribution in [0.1, 0.15) is 54.5 Å². The number of sulfonamides is 1. The molecule has 0 saturated heterocycles. The molecule has 1 unspecified atom stereocenters. The molecule has 0 fully saturated rings. The second-order valence-electron chi connectivity index (χ2n) is 9.07. The SMILES string of the molecule is CCC(NC(=O)CN(c1cccc(Cl)c1)S(=O)(=O)c1ccc(C)cc1)c1ccc2c(c1)CCCC2. The summed E-state index contributed by atoms with van der Waals surface area (Å²) >= 11 is 6.17. The van der Waals surface area contributed by atoms with E-state index < -0.39 is 10.0 Å². The van der Waals surface area contributed by atoms with E-state index in [9.17, 15) is 13.2 Å². The number of anilines is 1. The summed E-state index contributed by atoms with van der Waals surface area (Å²) in [5.74, 6) is -0.370. The van der Waals surface area contributed by atoms with Gasteiger partial charge < -0.3 is 5.32 Å². The van der Waals surface area contributed by atoms with Crippen LogP contribution in [0.15, 0.2) is 71.6 Å². The molecular weight excluding hydrogens is 480 g/mol. The summed E-state index contributed by atoms with van der Waals surface area (Å²) in [4.78, 5) is 13.3. The van der Waals surface area contributed by atoms with E-state index in [1.165, 1.54) is 24.0 Å². The number of halogens is 1. The van der Waals surface area contributed by atoms with Gasteiger partial charge in [-0.25, -0.2) is 8.42 Å². The molecule has 4 rings (SSSR count). The third-order valence-corrected chi connectivity index (χ3v) is 8.53. The van der Waals surface area contributed by atoms with E-state index >= 15 is 0 Å². The van der Waals surface area contributed by atoms with Gasteiger partial charge in [0.25, 0.3) is 10.0 Å². The molecule has 7 heteroatoms. The smallest absolute Gasteiger partial charge is 0.264 e. The second-order valence-corrected chi connectivity index (χ2v) is 11.4. The van der Waals surface area contributed by atoms with Gasteiger partial charge in [0, 0.05) is 5.02 Å². The van der Waals surface area contributed by atoms with Crippen LogP contribution in [0, 0.1) is 6.92 Å². The third kappa shape index (κ3) is 5.88. The Morgan fingerprint density at radius 2 is 1.71 bits per heavy atom. The summed E-state index contributed by atoms with van der Waals surface area (Å²) < 4.78 is 28.3. The van der Waals surface area contributed by atoms with E-state index in [-0.39, 0.29) is 23.4 Å². The van der Waals surface area contributed by atoms with Crippen LogP contribution in [0.2, 0.25) is 5.02 Å². The summed E-state index contributed by atoms with van der Waals surface area (Å²) in [5.41, 5.74) is 5.08. The predicted octanol–water partition coefficient (Wildman–Crippen LogP) is 5.99. The Morgan fingerprint density at radius 1 is 1.00 bits per heavy atom. The largest absolute Gasteiger partial charge is 0.348 e. The summed E-state index contributed by atoms with van der Waals surface area (Å²) in [6, 6.07) is 19.4. The molecule has 0 heterocycles. The fourth-order valence-electron chi connectivity index (χ4n) is 4.55. The zero-order valence-corrected chi connectivity index (χ0v) is 21.7. The summed E-state index contributed by atoms with van der Waals surface area (Å²) in [5, 5.41) is 3.46. The molecule has 5 nitrogen and oxygen atoms in total. The minimum Gasteiger partial charge on any atom is -0.348 e. The maximum Gasteiger partial charge on any atom is 0.264 e. The fraction of sp³-hybridized carbons (Fsp3) is 0.321. The fourth-order valence-corrected chi connectivity index (χ4v) is 6.14. The van der Waals surface area contributed by atoms with Crippen LogP contribution in [0.3, 0.4) is 0 Å². The molecule has 0 bridgehead atoms. The Morgan fingerprint density at radius 3 is 2.40 bits per heavy atom. The highest BCUT2D eigenvalue weighted by Crippen LogP contribution is 2.28. The lowest BCUT2D eigenvalue weighted by Crippen LogP contribution is -2.42. The summed E-state index contributed by atoms with van der Waals surface area (Å²) in [6.45, 7) is 3.56. The molecule has 35 heavy (non-hydrogen) atoms. The van der Waals surface area contributed by atoms with E-state index in [2.05, 4.69) is 23.5 Å². The van der Waals surface area contributed by atoms with Gasteiger partial charge in [0.15, 0.2) is 0 Å². The lowest BCUT2D eigenvalue weighted by molar-refractivity contribution is -0.120. The number of nitrogens with one attached hydrogen (secondary N) is 1. The van der Waals surface area contributed by atoms with Crippen molar-refractivity contribution >= 4 is 33.2 Å². The number of benzene rings is 3. The van der Waals surface area contributed by atoms with Crippen LogP contribution in [-0.2, 0) is 27.7 Å². The number of carbonyl (C=O) groups is 1. The molecule has 1 aliphatic carbocycles.